The summed E-state index contributed by atoms with van der Waals surface area (Å²) in [5.74, 6) is 0.888. The predicted octanol–water partition coefficient (Wildman–Crippen LogP) is 0.919. The van der Waals surface area contributed by atoms with Gasteiger partial charge in [-0.2, -0.15) is 0 Å². The van der Waals surface area contributed by atoms with E-state index < -0.39 is 0 Å². The molecule has 0 aliphatic carbocycles. The van der Waals surface area contributed by atoms with Crippen LogP contribution in [0.5, 0.6) is 0 Å². The molecule has 0 aliphatic heterocycles. The molecule has 4 rings (SSSR count). The summed E-state index contributed by atoms with van der Waals surface area (Å²) in [6.45, 7) is -0.535. The zero-order valence-electron chi connectivity index (χ0n) is 13.8. The third-order valence-electron chi connectivity index (χ3n) is 3.93. The van der Waals surface area contributed by atoms with E-state index in [4.69, 9.17) is 0 Å². The Morgan fingerprint density at radius 3 is 2.23 bits per heavy atom. The first-order valence-electron chi connectivity index (χ1n) is 8.10. The van der Waals surface area contributed by atoms with E-state index in [0.717, 1.165) is 11.3 Å². The fourth-order valence-electron chi connectivity index (χ4n) is 2.64. The number of aromatic amines is 1. The van der Waals surface area contributed by atoms with Gasteiger partial charge in [-0.1, -0.05) is 36.4 Å². The quantitative estimate of drug-likeness (QED) is 0.465. The summed E-state index contributed by atoms with van der Waals surface area (Å²) >= 11 is 0. The summed E-state index contributed by atoms with van der Waals surface area (Å²) < 4.78 is 0. The Balaban J connectivity index is 1.90. The van der Waals surface area contributed by atoms with Crippen molar-refractivity contribution in [3.05, 3.63) is 72.1 Å². The first kappa shape index (κ1) is 16.1. The van der Waals surface area contributed by atoms with Gasteiger partial charge < -0.3 is 15.2 Å². The van der Waals surface area contributed by atoms with E-state index in [9.17, 15) is 10.2 Å². The normalized spacial score (nSPS) is 11.0. The molecule has 0 radical (unpaired) electrons. The number of rotatable bonds is 5. The van der Waals surface area contributed by atoms with E-state index in [2.05, 4.69) is 20.2 Å². The van der Waals surface area contributed by atoms with E-state index in [1.165, 1.54) is 4.80 Å². The van der Waals surface area contributed by atoms with E-state index >= 15 is 0 Å². The Bertz CT molecular complexity index is 989. The number of hydrogen-bond donors (Lipinski definition) is 3. The van der Waals surface area contributed by atoms with Crippen LogP contribution in [0.25, 0.3) is 23.0 Å². The minimum absolute atomic E-state index is 0.255. The van der Waals surface area contributed by atoms with Gasteiger partial charge in [0, 0.05) is 0 Å². The smallest absolute Gasteiger partial charge is 0.340 e. The summed E-state index contributed by atoms with van der Waals surface area (Å²) in [5.41, 5.74) is 2.49. The zero-order valence-corrected chi connectivity index (χ0v) is 13.8. The van der Waals surface area contributed by atoms with Gasteiger partial charge >= 0.3 is 5.82 Å². The molecule has 0 fully saturated rings. The molecule has 0 amide bonds. The molecular weight excluding hydrogens is 332 g/mol. The van der Waals surface area contributed by atoms with Crippen molar-refractivity contribution in [2.45, 2.75) is 13.2 Å². The number of H-pyrrole nitrogens is 1. The lowest BCUT2D eigenvalue weighted by Gasteiger charge is -1.95. The van der Waals surface area contributed by atoms with Crippen molar-refractivity contribution >= 4 is 0 Å². The fraction of sp³-hybridized carbons (Fsp3) is 0.111. The Hall–Kier alpha value is -3.36. The molecule has 0 bridgehead atoms. The molecule has 3 N–H and O–H groups in total. The van der Waals surface area contributed by atoms with Gasteiger partial charge in [0.25, 0.3) is 5.95 Å². The number of benzene rings is 2. The van der Waals surface area contributed by atoms with Crippen LogP contribution >= 0.6 is 0 Å². The minimum Gasteiger partial charge on any atom is -0.390 e. The highest BCUT2D eigenvalue weighted by Crippen LogP contribution is 2.15. The van der Waals surface area contributed by atoms with Crippen LogP contribution in [0.2, 0.25) is 0 Å². The number of nitrogens with zero attached hydrogens (tertiary/aromatic N) is 5. The molecule has 2 aromatic heterocycles. The van der Waals surface area contributed by atoms with Crippen LogP contribution < -0.4 is 4.80 Å². The van der Waals surface area contributed by atoms with Crippen LogP contribution in [0.1, 0.15) is 11.4 Å². The van der Waals surface area contributed by atoms with E-state index in [1.54, 1.807) is 4.80 Å². The van der Waals surface area contributed by atoms with Gasteiger partial charge in [-0.15, -0.1) is 0 Å². The molecule has 130 valence electrons. The van der Waals surface area contributed by atoms with Gasteiger partial charge in [0.15, 0.2) is 5.69 Å². The lowest BCUT2D eigenvalue weighted by Crippen LogP contribution is -2.43. The molecule has 8 heteroatoms. The molecule has 0 atom stereocenters. The highest BCUT2D eigenvalue weighted by Gasteiger charge is 2.26. The maximum atomic E-state index is 9.44. The van der Waals surface area contributed by atoms with Crippen molar-refractivity contribution < 1.29 is 15.0 Å². The number of para-hydroxylation sites is 1. The third-order valence-corrected chi connectivity index (χ3v) is 3.93. The molecule has 26 heavy (non-hydrogen) atoms. The zero-order chi connectivity index (χ0) is 17.9. The van der Waals surface area contributed by atoms with Gasteiger partial charge in [0.1, 0.15) is 0 Å². The third kappa shape index (κ3) is 2.87. The second-order valence-corrected chi connectivity index (χ2v) is 5.61. The fourth-order valence-corrected chi connectivity index (χ4v) is 2.64. The summed E-state index contributed by atoms with van der Waals surface area (Å²) in [5, 5.41) is 28.0. The molecule has 0 spiro atoms. The van der Waals surface area contributed by atoms with Crippen molar-refractivity contribution in [2.75, 3.05) is 0 Å². The number of imidazole rings is 1. The monoisotopic (exact) mass is 349 g/mol. The predicted molar refractivity (Wildman–Crippen MR) is 92.3 cm³/mol. The van der Waals surface area contributed by atoms with Crippen LogP contribution in [0.4, 0.5) is 0 Å². The summed E-state index contributed by atoms with van der Waals surface area (Å²) in [7, 11) is 0. The molecule has 2 aromatic carbocycles. The molecule has 8 nitrogen and oxygen atoms in total. The van der Waals surface area contributed by atoms with Gasteiger partial charge in [-0.05, 0) is 34.2 Å². The van der Waals surface area contributed by atoms with Gasteiger partial charge in [0.05, 0.1) is 40.1 Å². The first-order valence-corrected chi connectivity index (χ1v) is 8.10. The van der Waals surface area contributed by atoms with Crippen molar-refractivity contribution in [1.29, 1.82) is 0 Å². The minimum atomic E-state index is -0.280. The maximum absolute atomic E-state index is 9.44. The summed E-state index contributed by atoms with van der Waals surface area (Å²) in [4.78, 5) is 10.5. The second kappa shape index (κ2) is 6.87. The molecule has 2 heterocycles. The number of hydrogen-bond acceptors (Lipinski definition) is 5. The highest BCUT2D eigenvalue weighted by atomic mass is 16.3. The molecule has 0 aliphatic rings. The standard InChI is InChI=1S/C18H17N6O2/c25-11-15-16(12-26)20-18(19-15)24-22-17(13-7-3-1-4-8-13)21-23(24)14-9-5-2-6-10-14/h1-10,25-26H,11-12H2,(H,19,20)/q+1. The first-order chi connectivity index (χ1) is 12.8. The van der Waals surface area contributed by atoms with Gasteiger partial charge in [0.2, 0.25) is 0 Å². The number of nitrogens with one attached hydrogen (secondary N) is 1. The largest absolute Gasteiger partial charge is 0.390 e. The summed E-state index contributed by atoms with van der Waals surface area (Å²) in [6.07, 6.45) is 0. The van der Waals surface area contributed by atoms with Gasteiger partial charge in [-0.25, -0.2) is 4.98 Å². The Kier molecular flexibility index (Phi) is 4.26. The maximum Gasteiger partial charge on any atom is 0.340 e. The Morgan fingerprint density at radius 1 is 0.923 bits per heavy atom. The lowest BCUT2D eigenvalue weighted by atomic mass is 10.2. The van der Waals surface area contributed by atoms with Gasteiger partial charge in [-0.3, -0.25) is 0 Å². The van der Waals surface area contributed by atoms with E-state index in [-0.39, 0.29) is 13.2 Å². The van der Waals surface area contributed by atoms with Crippen LogP contribution in [-0.2, 0) is 13.2 Å². The average Bonchev–Trinajstić information content (AvgIpc) is 3.33. The van der Waals surface area contributed by atoms with E-state index in [0.29, 0.717) is 23.2 Å². The highest BCUT2D eigenvalue weighted by molar-refractivity contribution is 5.53. The number of aromatic nitrogens is 6. The average molecular weight is 349 g/mol. The van der Waals surface area contributed by atoms with Crippen molar-refractivity contribution in [3.63, 3.8) is 0 Å². The van der Waals surface area contributed by atoms with Crippen LogP contribution in [0.15, 0.2) is 60.7 Å². The lowest BCUT2D eigenvalue weighted by molar-refractivity contribution is -0.735. The van der Waals surface area contributed by atoms with Crippen LogP contribution in [0, 0.1) is 0 Å². The van der Waals surface area contributed by atoms with Crippen molar-refractivity contribution in [3.8, 4) is 23.0 Å². The molecule has 0 saturated carbocycles. The number of aliphatic hydroxyl groups excluding tert-OH is 2. The summed E-state index contributed by atoms with van der Waals surface area (Å²) in [6, 6.07) is 19.2. The SMILES string of the molecule is OCc1nc(-n2nc(-c3ccccc3)n[n+]2-c2ccccc2)[nH]c1CO. The molecular formula is C18H17N6O2+. The second-order valence-electron chi connectivity index (χ2n) is 5.61. The molecule has 0 saturated heterocycles. The van der Waals surface area contributed by atoms with Crippen LogP contribution in [-0.4, -0.2) is 35.2 Å². The molecule has 4 aromatic rings. The van der Waals surface area contributed by atoms with Crippen molar-refractivity contribution in [2.24, 2.45) is 0 Å². The topological polar surface area (TPSA) is 104 Å². The number of tetrazole rings is 1. The number of aliphatic hydroxyl groups is 2. The van der Waals surface area contributed by atoms with Crippen LogP contribution in [0.3, 0.4) is 0 Å². The molecule has 0 unspecified atom stereocenters. The van der Waals surface area contributed by atoms with Crippen molar-refractivity contribution in [1.82, 2.24) is 25.0 Å². The van der Waals surface area contributed by atoms with E-state index in [1.807, 2.05) is 60.7 Å². The Labute approximate surface area is 149 Å². The Morgan fingerprint density at radius 2 is 1.62 bits per heavy atom.